The third kappa shape index (κ3) is 5.69. The van der Waals surface area contributed by atoms with Crippen LogP contribution in [-0.4, -0.2) is 55.1 Å². The van der Waals surface area contributed by atoms with Crippen LogP contribution in [0, 0.1) is 6.92 Å². The SMILES string of the molecule is Cc1cc(N2CCCN(C)CC2)nc2ccc(NC(=O)C(C)Oc3ccc(Cl)cc3Cl)cc12. The lowest BCUT2D eigenvalue weighted by Crippen LogP contribution is -2.30. The van der Waals surface area contributed by atoms with Gasteiger partial charge in [0.25, 0.3) is 5.91 Å². The molecule has 1 unspecified atom stereocenters. The first-order chi connectivity index (χ1) is 15.8. The number of halogens is 2. The van der Waals surface area contributed by atoms with Crippen LogP contribution in [0.5, 0.6) is 5.75 Å². The summed E-state index contributed by atoms with van der Waals surface area (Å²) in [4.78, 5) is 22.3. The normalized spacial score (nSPS) is 15.8. The van der Waals surface area contributed by atoms with Crippen LogP contribution in [0.4, 0.5) is 11.5 Å². The third-order valence-corrected chi connectivity index (χ3v) is 6.41. The van der Waals surface area contributed by atoms with Crippen molar-refractivity contribution >= 4 is 51.5 Å². The van der Waals surface area contributed by atoms with Crippen LogP contribution in [-0.2, 0) is 4.79 Å². The summed E-state index contributed by atoms with van der Waals surface area (Å²) in [5.41, 5.74) is 2.73. The Balaban J connectivity index is 1.48. The highest BCUT2D eigenvalue weighted by atomic mass is 35.5. The van der Waals surface area contributed by atoms with Gasteiger partial charge in [0.05, 0.1) is 10.5 Å². The number of hydrogen-bond donors (Lipinski definition) is 1. The van der Waals surface area contributed by atoms with Crippen LogP contribution in [0.1, 0.15) is 18.9 Å². The minimum atomic E-state index is -0.734. The molecule has 0 saturated carbocycles. The topological polar surface area (TPSA) is 57.7 Å². The van der Waals surface area contributed by atoms with Crippen molar-refractivity contribution in [1.29, 1.82) is 0 Å². The predicted molar refractivity (Wildman–Crippen MR) is 136 cm³/mol. The van der Waals surface area contributed by atoms with Gasteiger partial charge < -0.3 is 19.9 Å². The molecule has 174 valence electrons. The van der Waals surface area contributed by atoms with Crippen molar-refractivity contribution in [3.05, 3.63) is 58.1 Å². The number of benzene rings is 2. The molecule has 1 aliphatic heterocycles. The van der Waals surface area contributed by atoms with Gasteiger partial charge in [-0.15, -0.1) is 0 Å². The summed E-state index contributed by atoms with van der Waals surface area (Å²) in [6, 6.07) is 12.8. The third-order valence-electron chi connectivity index (χ3n) is 5.88. The van der Waals surface area contributed by atoms with E-state index in [-0.39, 0.29) is 5.91 Å². The number of likely N-dealkylation sites (N-methyl/N-ethyl adjacent to an activating group) is 1. The molecule has 2 heterocycles. The molecule has 2 aromatic carbocycles. The fourth-order valence-corrected chi connectivity index (χ4v) is 4.40. The number of pyridine rings is 1. The van der Waals surface area contributed by atoms with Gasteiger partial charge in [-0.1, -0.05) is 23.2 Å². The summed E-state index contributed by atoms with van der Waals surface area (Å²) < 4.78 is 5.72. The van der Waals surface area contributed by atoms with Gasteiger partial charge in [-0.2, -0.15) is 0 Å². The molecule has 0 bridgehead atoms. The van der Waals surface area contributed by atoms with Gasteiger partial charge in [-0.25, -0.2) is 4.98 Å². The molecular weight excluding hydrogens is 459 g/mol. The lowest BCUT2D eigenvalue weighted by atomic mass is 10.1. The zero-order chi connectivity index (χ0) is 23.5. The second kappa shape index (κ2) is 10.2. The molecule has 3 aromatic rings. The number of nitrogens with zero attached hydrogens (tertiary/aromatic N) is 3. The van der Waals surface area contributed by atoms with Crippen LogP contribution in [0.25, 0.3) is 10.9 Å². The Morgan fingerprint density at radius 3 is 2.70 bits per heavy atom. The van der Waals surface area contributed by atoms with Gasteiger partial charge in [-0.3, -0.25) is 4.79 Å². The summed E-state index contributed by atoms with van der Waals surface area (Å²) in [6.45, 7) is 7.88. The number of fused-ring (bicyclic) bond motifs is 1. The number of aryl methyl sites for hydroxylation is 1. The van der Waals surface area contributed by atoms with Crippen LogP contribution in [0.15, 0.2) is 42.5 Å². The Morgan fingerprint density at radius 2 is 1.91 bits per heavy atom. The van der Waals surface area contributed by atoms with Crippen molar-refractivity contribution < 1.29 is 9.53 Å². The summed E-state index contributed by atoms with van der Waals surface area (Å²) in [6.07, 6.45) is 0.393. The summed E-state index contributed by atoms with van der Waals surface area (Å²) >= 11 is 12.1. The van der Waals surface area contributed by atoms with Gasteiger partial charge in [0.1, 0.15) is 11.6 Å². The summed E-state index contributed by atoms with van der Waals surface area (Å²) in [5.74, 6) is 1.15. The Kier molecular flexibility index (Phi) is 7.27. The molecule has 0 aliphatic carbocycles. The minimum absolute atomic E-state index is 0.267. The number of amides is 1. The van der Waals surface area contributed by atoms with Crippen molar-refractivity contribution in [2.45, 2.75) is 26.4 Å². The van der Waals surface area contributed by atoms with E-state index in [1.54, 1.807) is 25.1 Å². The largest absolute Gasteiger partial charge is 0.479 e. The van der Waals surface area contributed by atoms with Gasteiger partial charge in [0.15, 0.2) is 6.10 Å². The molecule has 0 radical (unpaired) electrons. The quantitative estimate of drug-likeness (QED) is 0.523. The monoisotopic (exact) mass is 486 g/mol. The second-order valence-corrected chi connectivity index (χ2v) is 9.34. The Labute approximate surface area is 204 Å². The smallest absolute Gasteiger partial charge is 0.265 e. The highest BCUT2D eigenvalue weighted by Crippen LogP contribution is 2.29. The fraction of sp³-hybridized carbons (Fsp3) is 0.360. The lowest BCUT2D eigenvalue weighted by molar-refractivity contribution is -0.122. The van der Waals surface area contributed by atoms with Crippen LogP contribution >= 0.6 is 23.2 Å². The second-order valence-electron chi connectivity index (χ2n) is 8.50. The average Bonchev–Trinajstić information content (AvgIpc) is 3.00. The molecule has 1 aliphatic rings. The first kappa shape index (κ1) is 23.6. The number of hydrogen-bond acceptors (Lipinski definition) is 5. The Hall–Kier alpha value is -2.54. The van der Waals surface area contributed by atoms with E-state index in [0.29, 0.717) is 21.5 Å². The molecule has 1 atom stereocenters. The average molecular weight is 487 g/mol. The summed E-state index contributed by atoms with van der Waals surface area (Å²) in [5, 5.41) is 4.81. The standard InChI is InChI=1S/C25H28Cl2N4O2/c1-16-13-24(31-10-4-9-30(3)11-12-31)29-22-7-6-19(15-20(16)22)28-25(32)17(2)33-23-8-5-18(26)14-21(23)27/h5-8,13-15,17H,4,9-12H2,1-3H3,(H,28,32). The van der Waals surface area contributed by atoms with Crippen molar-refractivity contribution in [3.8, 4) is 5.75 Å². The molecule has 33 heavy (non-hydrogen) atoms. The number of nitrogens with one attached hydrogen (secondary N) is 1. The fourth-order valence-electron chi connectivity index (χ4n) is 3.95. The van der Waals surface area contributed by atoms with E-state index in [4.69, 9.17) is 32.9 Å². The zero-order valence-electron chi connectivity index (χ0n) is 19.1. The number of anilines is 2. The van der Waals surface area contributed by atoms with Crippen molar-refractivity contribution in [1.82, 2.24) is 9.88 Å². The van der Waals surface area contributed by atoms with Crippen LogP contribution in [0.2, 0.25) is 10.0 Å². The highest BCUT2D eigenvalue weighted by molar-refractivity contribution is 6.35. The first-order valence-corrected chi connectivity index (χ1v) is 11.8. The van der Waals surface area contributed by atoms with Gasteiger partial charge in [-0.05, 0) is 81.9 Å². The van der Waals surface area contributed by atoms with Crippen LogP contribution in [0.3, 0.4) is 0 Å². The van der Waals surface area contributed by atoms with E-state index in [1.807, 2.05) is 18.2 Å². The number of ether oxygens (including phenoxy) is 1. The maximum Gasteiger partial charge on any atom is 0.265 e. The molecule has 1 aromatic heterocycles. The van der Waals surface area contributed by atoms with E-state index in [0.717, 1.165) is 54.9 Å². The van der Waals surface area contributed by atoms with Gasteiger partial charge in [0, 0.05) is 35.7 Å². The molecule has 1 saturated heterocycles. The molecular formula is C25H28Cl2N4O2. The number of carbonyl (C=O) groups is 1. The predicted octanol–water partition coefficient (Wildman–Crippen LogP) is 5.40. The molecule has 1 N–H and O–H groups in total. The maximum atomic E-state index is 12.7. The summed E-state index contributed by atoms with van der Waals surface area (Å²) in [7, 11) is 2.16. The highest BCUT2D eigenvalue weighted by Gasteiger charge is 2.18. The molecule has 1 fully saturated rings. The molecule has 0 spiro atoms. The molecule has 8 heteroatoms. The van der Waals surface area contributed by atoms with Crippen molar-refractivity contribution in [2.75, 3.05) is 43.4 Å². The van der Waals surface area contributed by atoms with E-state index >= 15 is 0 Å². The number of carbonyl (C=O) groups excluding carboxylic acids is 1. The Morgan fingerprint density at radius 1 is 1.09 bits per heavy atom. The molecule has 1 amide bonds. The zero-order valence-corrected chi connectivity index (χ0v) is 20.6. The Bertz CT molecular complexity index is 1170. The van der Waals surface area contributed by atoms with E-state index in [1.165, 1.54) is 0 Å². The van der Waals surface area contributed by atoms with Crippen LogP contribution < -0.4 is 15.0 Å². The number of rotatable bonds is 5. The lowest BCUT2D eigenvalue weighted by Gasteiger charge is -2.23. The van der Waals surface area contributed by atoms with Crippen molar-refractivity contribution in [2.24, 2.45) is 0 Å². The van der Waals surface area contributed by atoms with Gasteiger partial charge in [0.2, 0.25) is 0 Å². The number of aromatic nitrogens is 1. The molecule has 4 rings (SSSR count). The van der Waals surface area contributed by atoms with Gasteiger partial charge >= 0.3 is 0 Å². The van der Waals surface area contributed by atoms with E-state index in [2.05, 4.69) is 35.2 Å². The first-order valence-electron chi connectivity index (χ1n) is 11.1. The van der Waals surface area contributed by atoms with E-state index in [9.17, 15) is 4.79 Å². The minimum Gasteiger partial charge on any atom is -0.479 e. The maximum absolute atomic E-state index is 12.7. The van der Waals surface area contributed by atoms with Crippen molar-refractivity contribution in [3.63, 3.8) is 0 Å². The molecule has 6 nitrogen and oxygen atoms in total. The van der Waals surface area contributed by atoms with E-state index < -0.39 is 6.10 Å².